The highest BCUT2D eigenvalue weighted by Crippen LogP contribution is 2.35. The van der Waals surface area contributed by atoms with Crippen molar-refractivity contribution in [2.75, 3.05) is 27.7 Å². The van der Waals surface area contributed by atoms with Crippen molar-refractivity contribution in [2.45, 2.75) is 129 Å². The molecule has 0 bridgehead atoms. The Morgan fingerprint density at radius 3 is 1.23 bits per heavy atom. The normalized spacial score (nSPS) is 12.8. The van der Waals surface area contributed by atoms with Crippen LogP contribution in [0.1, 0.15) is 129 Å². The van der Waals surface area contributed by atoms with Gasteiger partial charge in [-0.1, -0.05) is 116 Å². The Hall–Kier alpha value is -0.310. The number of carbonyl (C=O) groups excluding carboxylic acids is 2. The van der Waals surface area contributed by atoms with Crippen molar-refractivity contribution in [1.82, 2.24) is 0 Å². The van der Waals surface area contributed by atoms with Gasteiger partial charge in [0, 0.05) is 6.42 Å². The molecule has 4 nitrogen and oxygen atoms in total. The van der Waals surface area contributed by atoms with E-state index in [0.29, 0.717) is 10.9 Å². The molecular formula is C26H53NO3P+. The first-order valence-corrected chi connectivity index (χ1v) is 14.4. The van der Waals surface area contributed by atoms with E-state index >= 15 is 0 Å². The van der Waals surface area contributed by atoms with Crippen molar-refractivity contribution in [3.63, 3.8) is 0 Å². The minimum atomic E-state index is -2.11. The van der Waals surface area contributed by atoms with E-state index in [9.17, 15) is 14.5 Å². The Morgan fingerprint density at radius 2 is 0.903 bits per heavy atom. The van der Waals surface area contributed by atoms with Crippen LogP contribution in [0.4, 0.5) is 0 Å². The molecule has 0 aromatic carbocycles. The Morgan fingerprint density at radius 1 is 0.581 bits per heavy atom. The third-order valence-corrected chi connectivity index (χ3v) is 7.14. The molecule has 0 radical (unpaired) electrons. The first-order valence-electron chi connectivity index (χ1n) is 13.1. The fourth-order valence-electron chi connectivity index (χ4n) is 3.90. The molecule has 0 fully saturated rings. The maximum absolute atomic E-state index is 12.0. The summed E-state index contributed by atoms with van der Waals surface area (Å²) in [6, 6.07) is 0. The van der Waals surface area contributed by atoms with Gasteiger partial charge in [-0.05, 0) is 6.42 Å². The first kappa shape index (κ1) is 30.7. The van der Waals surface area contributed by atoms with Crippen molar-refractivity contribution < 1.29 is 19.0 Å². The Labute approximate surface area is 195 Å². The molecule has 0 aromatic heterocycles. The number of hydrogen-bond donors (Lipinski definition) is 1. The van der Waals surface area contributed by atoms with Gasteiger partial charge in [-0.3, -0.25) is 9.59 Å². The monoisotopic (exact) mass is 458 g/mol. The highest BCUT2D eigenvalue weighted by Gasteiger charge is 2.28. The lowest BCUT2D eigenvalue weighted by Crippen LogP contribution is -2.39. The van der Waals surface area contributed by atoms with Crippen molar-refractivity contribution in [1.29, 1.82) is 0 Å². The quantitative estimate of drug-likeness (QED) is 0.0976. The second-order valence-electron chi connectivity index (χ2n) is 10.3. The summed E-state index contributed by atoms with van der Waals surface area (Å²) < 4.78 is 0.449. The van der Waals surface area contributed by atoms with E-state index in [0.717, 1.165) is 19.3 Å². The van der Waals surface area contributed by atoms with Crippen LogP contribution in [-0.2, 0) is 9.59 Å². The molecule has 1 unspecified atom stereocenters. The van der Waals surface area contributed by atoms with Gasteiger partial charge < -0.3 is 9.38 Å². The van der Waals surface area contributed by atoms with Crippen LogP contribution in [0.25, 0.3) is 0 Å². The molecule has 5 heteroatoms. The Balaban J connectivity index is 3.36. The lowest BCUT2D eigenvalue weighted by molar-refractivity contribution is -0.861. The van der Waals surface area contributed by atoms with E-state index in [1.54, 1.807) is 0 Å². The van der Waals surface area contributed by atoms with E-state index in [1.165, 1.54) is 96.3 Å². The molecule has 0 amide bonds. The minimum absolute atomic E-state index is 0.215. The number of carbonyl (C=O) groups is 2. The molecule has 0 saturated heterocycles. The second kappa shape index (κ2) is 20.3. The summed E-state index contributed by atoms with van der Waals surface area (Å²) in [5.41, 5.74) is -0.542. The van der Waals surface area contributed by atoms with Crippen LogP contribution >= 0.6 is 8.15 Å². The molecule has 0 rings (SSSR count). The van der Waals surface area contributed by atoms with Gasteiger partial charge in [-0.15, -0.1) is 0 Å². The van der Waals surface area contributed by atoms with Crippen LogP contribution in [0.5, 0.6) is 0 Å². The van der Waals surface area contributed by atoms with Crippen molar-refractivity contribution in [2.24, 2.45) is 0 Å². The molecule has 0 aromatic rings. The summed E-state index contributed by atoms with van der Waals surface area (Å²) in [6.45, 7) is 2.49. The van der Waals surface area contributed by atoms with Gasteiger partial charge in [0.15, 0.2) is 13.7 Å². The summed E-state index contributed by atoms with van der Waals surface area (Å²) in [7, 11) is 3.57. The zero-order valence-corrected chi connectivity index (χ0v) is 22.2. The molecule has 0 aliphatic heterocycles. The van der Waals surface area contributed by atoms with E-state index in [4.69, 9.17) is 0 Å². The summed E-state index contributed by atoms with van der Waals surface area (Å²) >= 11 is 0. The molecule has 0 heterocycles. The van der Waals surface area contributed by atoms with Crippen LogP contribution in [0.3, 0.4) is 0 Å². The van der Waals surface area contributed by atoms with Crippen LogP contribution < -0.4 is 0 Å². The third kappa shape index (κ3) is 21.3. The average Bonchev–Trinajstić information content (AvgIpc) is 2.70. The molecule has 31 heavy (non-hydrogen) atoms. The largest absolute Gasteiger partial charge is 0.360 e. The zero-order valence-electron chi connectivity index (χ0n) is 21.3. The molecular weight excluding hydrogens is 405 g/mol. The maximum atomic E-state index is 12.0. The van der Waals surface area contributed by atoms with Crippen LogP contribution in [0.15, 0.2) is 0 Å². The molecule has 1 atom stereocenters. The number of nitrogens with zero attached hydrogens (tertiary/aromatic N) is 1. The Kier molecular flexibility index (Phi) is 20.1. The molecule has 0 spiro atoms. The van der Waals surface area contributed by atoms with Gasteiger partial charge >= 0.3 is 0 Å². The standard InChI is InChI=1S/C26H53NO3P/c1-5-6-7-8-9-10-11-12-13-14-15-16-17-18-19-20-21-22-23-25(28)31(30)26(29)24-27(2,3)4/h30H,5-24H2,1-4H3/q+1. The van der Waals surface area contributed by atoms with E-state index in [-0.39, 0.29) is 17.6 Å². The summed E-state index contributed by atoms with van der Waals surface area (Å²) in [5, 5.41) is 0. The van der Waals surface area contributed by atoms with Crippen molar-refractivity contribution in [3.8, 4) is 0 Å². The summed E-state index contributed by atoms with van der Waals surface area (Å²) in [6.07, 6.45) is 24.1. The predicted molar refractivity (Wildman–Crippen MR) is 135 cm³/mol. The SMILES string of the molecule is CCCCCCCCCCCCCCCCCCCCC(=O)P(O)C(=O)C[N+](C)(C)C. The van der Waals surface area contributed by atoms with Gasteiger partial charge in [0.1, 0.15) is 6.54 Å². The van der Waals surface area contributed by atoms with Crippen molar-refractivity contribution in [3.05, 3.63) is 0 Å². The van der Waals surface area contributed by atoms with Gasteiger partial charge in [-0.2, -0.15) is 0 Å². The fraction of sp³-hybridized carbons (Fsp3) is 0.923. The zero-order chi connectivity index (χ0) is 23.4. The van der Waals surface area contributed by atoms with Gasteiger partial charge in [-0.25, -0.2) is 0 Å². The summed E-state index contributed by atoms with van der Waals surface area (Å²) in [5.74, 6) is 0. The number of likely N-dealkylation sites (N-methyl/N-ethyl adjacent to an activating group) is 1. The smallest absolute Gasteiger partial charge is 0.242 e. The fourth-order valence-corrected chi connectivity index (χ4v) is 5.10. The van der Waals surface area contributed by atoms with E-state index < -0.39 is 8.15 Å². The minimum Gasteiger partial charge on any atom is -0.360 e. The number of hydrogen-bond acceptors (Lipinski definition) is 3. The topological polar surface area (TPSA) is 54.4 Å². The van der Waals surface area contributed by atoms with Crippen LogP contribution in [0.2, 0.25) is 0 Å². The van der Waals surface area contributed by atoms with Crippen molar-refractivity contribution >= 4 is 19.2 Å². The molecule has 184 valence electrons. The molecule has 1 N–H and O–H groups in total. The van der Waals surface area contributed by atoms with E-state index in [2.05, 4.69) is 6.92 Å². The first-order chi connectivity index (χ1) is 14.8. The van der Waals surface area contributed by atoms with Gasteiger partial charge in [0.2, 0.25) is 5.52 Å². The lowest BCUT2D eigenvalue weighted by atomic mass is 10.0. The average molecular weight is 459 g/mol. The van der Waals surface area contributed by atoms with Gasteiger partial charge in [0.05, 0.1) is 21.1 Å². The Bertz CT molecular complexity index is 448. The molecule has 0 aliphatic carbocycles. The highest BCUT2D eigenvalue weighted by atomic mass is 31.1. The second-order valence-corrected chi connectivity index (χ2v) is 11.9. The van der Waals surface area contributed by atoms with Gasteiger partial charge in [0.25, 0.3) is 0 Å². The number of quaternary nitrogens is 1. The third-order valence-electron chi connectivity index (χ3n) is 5.83. The molecule has 0 aliphatic rings. The summed E-state index contributed by atoms with van der Waals surface area (Å²) in [4.78, 5) is 33.9. The van der Waals surface area contributed by atoms with E-state index in [1.807, 2.05) is 21.1 Å². The predicted octanol–water partition coefficient (Wildman–Crippen LogP) is 7.57. The number of rotatable bonds is 23. The highest BCUT2D eigenvalue weighted by molar-refractivity contribution is 7.84. The maximum Gasteiger partial charge on any atom is 0.242 e. The lowest BCUT2D eigenvalue weighted by Gasteiger charge is -2.23. The molecule has 0 saturated carbocycles. The van der Waals surface area contributed by atoms with Crippen LogP contribution in [0, 0.1) is 0 Å². The number of unbranched alkanes of at least 4 members (excludes halogenated alkanes) is 17. The van der Waals surface area contributed by atoms with Crippen LogP contribution in [-0.4, -0.2) is 48.1 Å².